The zero-order valence-electron chi connectivity index (χ0n) is 7.96. The summed E-state index contributed by atoms with van der Waals surface area (Å²) in [5, 5.41) is 11.3. The predicted molar refractivity (Wildman–Crippen MR) is 54.8 cm³/mol. The Hall–Kier alpha value is -2.02. The second-order valence-corrected chi connectivity index (χ2v) is 2.92. The van der Waals surface area contributed by atoms with Gasteiger partial charge in [-0.15, -0.1) is 12.3 Å². The Morgan fingerprint density at radius 2 is 2.33 bits per heavy atom. The number of aromatic hydroxyl groups is 1. The van der Waals surface area contributed by atoms with E-state index in [0.717, 1.165) is 6.07 Å². The van der Waals surface area contributed by atoms with Crippen molar-refractivity contribution in [2.45, 2.75) is 12.8 Å². The summed E-state index contributed by atoms with van der Waals surface area (Å²) in [6, 6.07) is 3.51. The number of carbonyl (C=O) groups is 1. The zero-order valence-corrected chi connectivity index (χ0v) is 7.96. The van der Waals surface area contributed by atoms with Crippen LogP contribution in [0, 0.1) is 18.2 Å². The molecule has 78 valence electrons. The molecule has 0 aliphatic carbocycles. The monoisotopic (exact) mass is 207 g/mol. The number of rotatable bonds is 3. The fourth-order valence-electron chi connectivity index (χ4n) is 1.00. The first kappa shape index (κ1) is 11.1. The van der Waals surface area contributed by atoms with Gasteiger partial charge in [0, 0.05) is 18.9 Å². The van der Waals surface area contributed by atoms with Crippen LogP contribution < -0.4 is 5.32 Å². The number of hydrogen-bond acceptors (Lipinski definition) is 2. The van der Waals surface area contributed by atoms with E-state index in [9.17, 15) is 9.18 Å². The van der Waals surface area contributed by atoms with Crippen molar-refractivity contribution in [3.05, 3.63) is 24.0 Å². The van der Waals surface area contributed by atoms with Crippen molar-refractivity contribution in [2.24, 2.45) is 0 Å². The summed E-state index contributed by atoms with van der Waals surface area (Å²) in [5.74, 6) is 1.10. The highest BCUT2D eigenvalue weighted by Gasteiger charge is 2.06. The Balaban J connectivity index is 2.65. The average Bonchev–Trinajstić information content (AvgIpc) is 2.19. The van der Waals surface area contributed by atoms with E-state index >= 15 is 0 Å². The number of phenols is 1. The second-order valence-electron chi connectivity index (χ2n) is 2.92. The summed E-state index contributed by atoms with van der Waals surface area (Å²) in [5.41, 5.74) is 0.0369. The molecule has 0 radical (unpaired) electrons. The van der Waals surface area contributed by atoms with E-state index in [1.165, 1.54) is 12.1 Å². The molecule has 0 aliphatic heterocycles. The summed E-state index contributed by atoms with van der Waals surface area (Å²) in [6.07, 6.45) is 5.44. The SMILES string of the molecule is C#CCCC(=O)Nc1ccc(O)cc1F. The molecule has 0 aromatic heterocycles. The van der Waals surface area contributed by atoms with E-state index in [2.05, 4.69) is 11.2 Å². The number of phenolic OH excluding ortho intramolecular Hbond substituents is 1. The van der Waals surface area contributed by atoms with E-state index < -0.39 is 5.82 Å². The number of amides is 1. The second kappa shape index (κ2) is 5.01. The minimum atomic E-state index is -0.677. The van der Waals surface area contributed by atoms with Crippen LogP contribution in [0.1, 0.15) is 12.8 Å². The lowest BCUT2D eigenvalue weighted by molar-refractivity contribution is -0.116. The number of terminal acetylenes is 1. The van der Waals surface area contributed by atoms with Crippen LogP contribution in [0.15, 0.2) is 18.2 Å². The van der Waals surface area contributed by atoms with Gasteiger partial charge >= 0.3 is 0 Å². The Morgan fingerprint density at radius 1 is 1.60 bits per heavy atom. The molecule has 0 atom stereocenters. The maximum atomic E-state index is 13.1. The minimum absolute atomic E-state index is 0.0369. The van der Waals surface area contributed by atoms with E-state index in [1.807, 2.05) is 0 Å². The molecule has 0 saturated heterocycles. The van der Waals surface area contributed by atoms with Crippen molar-refractivity contribution < 1.29 is 14.3 Å². The molecule has 1 amide bonds. The van der Waals surface area contributed by atoms with Crippen molar-refractivity contribution in [3.8, 4) is 18.1 Å². The lowest BCUT2D eigenvalue weighted by Crippen LogP contribution is -2.11. The normalized spacial score (nSPS) is 9.33. The van der Waals surface area contributed by atoms with Crippen molar-refractivity contribution in [1.29, 1.82) is 0 Å². The molecule has 0 unspecified atom stereocenters. The fraction of sp³-hybridized carbons (Fsp3) is 0.182. The molecule has 4 heteroatoms. The summed E-state index contributed by atoms with van der Waals surface area (Å²) < 4.78 is 13.1. The molecule has 0 fully saturated rings. The number of halogens is 1. The van der Waals surface area contributed by atoms with Crippen molar-refractivity contribution >= 4 is 11.6 Å². The van der Waals surface area contributed by atoms with Crippen LogP contribution >= 0.6 is 0 Å². The first-order valence-electron chi connectivity index (χ1n) is 4.35. The molecule has 0 heterocycles. The molecule has 15 heavy (non-hydrogen) atoms. The molecule has 2 N–H and O–H groups in total. The lowest BCUT2D eigenvalue weighted by Gasteiger charge is -2.05. The Labute approximate surface area is 86.9 Å². The van der Waals surface area contributed by atoms with Gasteiger partial charge in [-0.3, -0.25) is 4.79 Å². The predicted octanol–water partition coefficient (Wildman–Crippen LogP) is 1.88. The smallest absolute Gasteiger partial charge is 0.225 e. The third kappa shape index (κ3) is 3.31. The summed E-state index contributed by atoms with van der Waals surface area (Å²) in [6.45, 7) is 0. The van der Waals surface area contributed by atoms with Crippen LogP contribution in [-0.4, -0.2) is 11.0 Å². The van der Waals surface area contributed by atoms with Crippen LogP contribution in [-0.2, 0) is 4.79 Å². The molecule has 1 aromatic carbocycles. The number of carbonyl (C=O) groups excluding carboxylic acids is 1. The van der Waals surface area contributed by atoms with Crippen LogP contribution in [0.5, 0.6) is 5.75 Å². The third-order valence-corrected chi connectivity index (χ3v) is 1.72. The average molecular weight is 207 g/mol. The highest BCUT2D eigenvalue weighted by Crippen LogP contribution is 2.19. The molecule has 3 nitrogen and oxygen atoms in total. The van der Waals surface area contributed by atoms with Crippen molar-refractivity contribution in [1.82, 2.24) is 0 Å². The maximum absolute atomic E-state index is 13.1. The minimum Gasteiger partial charge on any atom is -0.508 e. The van der Waals surface area contributed by atoms with E-state index in [0.29, 0.717) is 6.42 Å². The van der Waals surface area contributed by atoms with Gasteiger partial charge in [0.15, 0.2) is 0 Å². The Morgan fingerprint density at radius 3 is 2.93 bits per heavy atom. The van der Waals surface area contributed by atoms with Crippen molar-refractivity contribution in [2.75, 3.05) is 5.32 Å². The van der Waals surface area contributed by atoms with E-state index in [1.54, 1.807) is 0 Å². The first-order chi connectivity index (χ1) is 7.13. The highest BCUT2D eigenvalue weighted by molar-refractivity contribution is 5.91. The molecule has 0 bridgehead atoms. The Bertz CT molecular complexity index is 410. The molecule has 0 aliphatic rings. The van der Waals surface area contributed by atoms with E-state index in [4.69, 9.17) is 11.5 Å². The van der Waals surface area contributed by atoms with Crippen LogP contribution in [0.2, 0.25) is 0 Å². The van der Waals surface area contributed by atoms with Crippen LogP contribution in [0.25, 0.3) is 0 Å². The molecule has 0 saturated carbocycles. The fourth-order valence-corrected chi connectivity index (χ4v) is 1.00. The molecular formula is C11H10FNO2. The number of benzene rings is 1. The van der Waals surface area contributed by atoms with Gasteiger partial charge in [0.1, 0.15) is 11.6 Å². The first-order valence-corrected chi connectivity index (χ1v) is 4.35. The highest BCUT2D eigenvalue weighted by atomic mass is 19.1. The number of nitrogens with one attached hydrogen (secondary N) is 1. The third-order valence-electron chi connectivity index (χ3n) is 1.72. The van der Waals surface area contributed by atoms with Gasteiger partial charge < -0.3 is 10.4 Å². The maximum Gasteiger partial charge on any atom is 0.225 e. The topological polar surface area (TPSA) is 49.3 Å². The molecule has 1 aromatic rings. The standard InChI is InChI=1S/C11H10FNO2/c1-2-3-4-11(15)13-10-6-5-8(14)7-9(10)12/h1,5-7,14H,3-4H2,(H,13,15). The van der Waals surface area contributed by atoms with Gasteiger partial charge in [-0.05, 0) is 12.1 Å². The quantitative estimate of drug-likeness (QED) is 0.587. The van der Waals surface area contributed by atoms with Gasteiger partial charge in [0.2, 0.25) is 5.91 Å². The largest absolute Gasteiger partial charge is 0.508 e. The van der Waals surface area contributed by atoms with Gasteiger partial charge in [-0.25, -0.2) is 4.39 Å². The van der Waals surface area contributed by atoms with E-state index in [-0.39, 0.29) is 23.8 Å². The Kier molecular flexibility index (Phi) is 3.69. The van der Waals surface area contributed by atoms with Gasteiger partial charge in [-0.1, -0.05) is 0 Å². The van der Waals surface area contributed by atoms with Gasteiger partial charge in [-0.2, -0.15) is 0 Å². The number of anilines is 1. The van der Waals surface area contributed by atoms with Gasteiger partial charge in [0.25, 0.3) is 0 Å². The lowest BCUT2D eigenvalue weighted by atomic mass is 10.2. The van der Waals surface area contributed by atoms with Crippen LogP contribution in [0.3, 0.4) is 0 Å². The summed E-state index contributed by atoms with van der Waals surface area (Å²) in [7, 11) is 0. The zero-order chi connectivity index (χ0) is 11.3. The van der Waals surface area contributed by atoms with Gasteiger partial charge in [0.05, 0.1) is 5.69 Å². The molecule has 0 spiro atoms. The summed E-state index contributed by atoms with van der Waals surface area (Å²) >= 11 is 0. The van der Waals surface area contributed by atoms with Crippen molar-refractivity contribution in [3.63, 3.8) is 0 Å². The van der Waals surface area contributed by atoms with Crippen LogP contribution in [0.4, 0.5) is 10.1 Å². The number of hydrogen-bond donors (Lipinski definition) is 2. The molecular weight excluding hydrogens is 197 g/mol. The summed E-state index contributed by atoms with van der Waals surface area (Å²) in [4.78, 5) is 11.2. The molecule has 1 rings (SSSR count).